The van der Waals surface area contributed by atoms with Gasteiger partial charge in [-0.05, 0) is 65.0 Å². The van der Waals surface area contributed by atoms with Crippen molar-refractivity contribution in [2.24, 2.45) is 0 Å². The van der Waals surface area contributed by atoms with Crippen molar-refractivity contribution in [3.05, 3.63) is 47.2 Å². The van der Waals surface area contributed by atoms with Crippen LogP contribution >= 0.6 is 0 Å². The molecular weight excluding hydrogens is 382 g/mol. The molecule has 8 nitrogen and oxygen atoms in total. The molecule has 1 aromatic carbocycles. The SMILES string of the molecule is Cc1cccc(NC(=O)c2nc([C@H](C)NC(=O)CN3CCCN(C)CC3)oc2C)c1. The summed E-state index contributed by atoms with van der Waals surface area (Å²) in [7, 11) is 2.10. The van der Waals surface area contributed by atoms with Crippen molar-refractivity contribution in [1.82, 2.24) is 20.1 Å². The Labute approximate surface area is 177 Å². The summed E-state index contributed by atoms with van der Waals surface area (Å²) in [6.07, 6.45) is 1.05. The summed E-state index contributed by atoms with van der Waals surface area (Å²) in [5.74, 6) is 0.339. The third-order valence-corrected chi connectivity index (χ3v) is 5.23. The Kier molecular flexibility index (Phi) is 7.23. The van der Waals surface area contributed by atoms with Crippen LogP contribution in [-0.2, 0) is 4.79 Å². The van der Waals surface area contributed by atoms with E-state index < -0.39 is 6.04 Å². The monoisotopic (exact) mass is 413 g/mol. The van der Waals surface area contributed by atoms with Gasteiger partial charge in [0.15, 0.2) is 5.69 Å². The fraction of sp³-hybridized carbons (Fsp3) is 0.500. The number of carbonyl (C=O) groups is 2. The van der Waals surface area contributed by atoms with Gasteiger partial charge in [-0.2, -0.15) is 0 Å². The van der Waals surface area contributed by atoms with Crippen LogP contribution in [0.2, 0.25) is 0 Å². The third kappa shape index (κ3) is 5.90. The minimum atomic E-state index is -0.425. The molecule has 0 bridgehead atoms. The summed E-state index contributed by atoms with van der Waals surface area (Å²) in [5.41, 5.74) is 1.98. The zero-order valence-electron chi connectivity index (χ0n) is 18.2. The number of hydrogen-bond donors (Lipinski definition) is 2. The molecule has 0 aliphatic carbocycles. The molecular formula is C22H31N5O3. The van der Waals surface area contributed by atoms with Crippen LogP contribution < -0.4 is 10.6 Å². The standard InChI is InChI=1S/C22H31N5O3/c1-15-7-5-8-18(13-15)24-21(29)20-17(3)30-22(25-20)16(2)23-19(28)14-27-10-6-9-26(4)11-12-27/h5,7-8,13,16H,6,9-12,14H2,1-4H3,(H,23,28)(H,24,29)/t16-/m0/s1. The smallest absolute Gasteiger partial charge is 0.277 e. The molecule has 2 N–H and O–H groups in total. The molecule has 0 saturated carbocycles. The van der Waals surface area contributed by atoms with Gasteiger partial charge < -0.3 is 20.0 Å². The lowest BCUT2D eigenvalue weighted by Crippen LogP contribution is -2.39. The Morgan fingerprint density at radius 2 is 2.00 bits per heavy atom. The van der Waals surface area contributed by atoms with E-state index >= 15 is 0 Å². The lowest BCUT2D eigenvalue weighted by Gasteiger charge is -2.20. The predicted octanol–water partition coefficient (Wildman–Crippen LogP) is 2.36. The molecule has 1 aromatic heterocycles. The average Bonchev–Trinajstić information content (AvgIpc) is 2.96. The molecule has 2 amide bonds. The quantitative estimate of drug-likeness (QED) is 0.756. The van der Waals surface area contributed by atoms with Crippen LogP contribution in [-0.4, -0.2) is 66.4 Å². The van der Waals surface area contributed by atoms with E-state index in [0.29, 0.717) is 23.9 Å². The first-order valence-electron chi connectivity index (χ1n) is 10.4. The summed E-state index contributed by atoms with van der Waals surface area (Å²) >= 11 is 0. The third-order valence-electron chi connectivity index (χ3n) is 5.23. The molecule has 1 aliphatic rings. The Morgan fingerprint density at radius 1 is 1.20 bits per heavy atom. The second-order valence-corrected chi connectivity index (χ2v) is 8.00. The molecule has 3 rings (SSSR count). The maximum atomic E-state index is 12.6. The number of aryl methyl sites for hydroxylation is 2. The second-order valence-electron chi connectivity index (χ2n) is 8.00. The van der Waals surface area contributed by atoms with Gasteiger partial charge in [-0.3, -0.25) is 14.5 Å². The van der Waals surface area contributed by atoms with Crippen LogP contribution in [0.3, 0.4) is 0 Å². The highest BCUT2D eigenvalue weighted by atomic mass is 16.4. The van der Waals surface area contributed by atoms with Crippen LogP contribution in [0, 0.1) is 13.8 Å². The molecule has 162 valence electrons. The van der Waals surface area contributed by atoms with E-state index in [-0.39, 0.29) is 17.5 Å². The molecule has 0 spiro atoms. The number of likely N-dealkylation sites (N-methyl/N-ethyl adjacent to an activating group) is 1. The zero-order valence-corrected chi connectivity index (χ0v) is 18.2. The molecule has 1 aliphatic heterocycles. The second kappa shape index (κ2) is 9.86. The highest BCUT2D eigenvalue weighted by Crippen LogP contribution is 2.18. The van der Waals surface area contributed by atoms with Crippen molar-refractivity contribution in [1.29, 1.82) is 0 Å². The maximum Gasteiger partial charge on any atom is 0.277 e. The summed E-state index contributed by atoms with van der Waals surface area (Å²) < 4.78 is 5.68. The fourth-order valence-electron chi connectivity index (χ4n) is 3.54. The normalized spacial score (nSPS) is 16.7. The number of aromatic nitrogens is 1. The Bertz CT molecular complexity index is 895. The van der Waals surface area contributed by atoms with Crippen molar-refractivity contribution in [3.63, 3.8) is 0 Å². The van der Waals surface area contributed by atoms with E-state index in [2.05, 4.69) is 32.5 Å². The van der Waals surface area contributed by atoms with Gasteiger partial charge in [0.05, 0.1) is 6.54 Å². The Balaban J connectivity index is 1.58. The largest absolute Gasteiger partial charge is 0.443 e. The average molecular weight is 414 g/mol. The molecule has 0 unspecified atom stereocenters. The minimum absolute atomic E-state index is 0.0753. The van der Waals surface area contributed by atoms with Gasteiger partial charge >= 0.3 is 0 Å². The topological polar surface area (TPSA) is 90.7 Å². The molecule has 0 radical (unpaired) electrons. The number of anilines is 1. The molecule has 2 heterocycles. The molecule has 2 aromatic rings. The van der Waals surface area contributed by atoms with Gasteiger partial charge in [-0.1, -0.05) is 12.1 Å². The first-order valence-corrected chi connectivity index (χ1v) is 10.4. The number of oxazole rings is 1. The van der Waals surface area contributed by atoms with E-state index in [4.69, 9.17) is 4.42 Å². The number of carbonyl (C=O) groups excluding carboxylic acids is 2. The van der Waals surface area contributed by atoms with Gasteiger partial charge in [-0.15, -0.1) is 0 Å². The van der Waals surface area contributed by atoms with Crippen molar-refractivity contribution >= 4 is 17.5 Å². The Hall–Kier alpha value is -2.71. The molecule has 8 heteroatoms. The summed E-state index contributed by atoms with van der Waals surface area (Å²) in [6.45, 7) is 9.61. The van der Waals surface area contributed by atoms with E-state index in [0.717, 1.165) is 38.2 Å². The van der Waals surface area contributed by atoms with Gasteiger partial charge in [0.1, 0.15) is 11.8 Å². The molecule has 1 atom stereocenters. The van der Waals surface area contributed by atoms with E-state index in [1.807, 2.05) is 38.1 Å². The molecule has 1 saturated heterocycles. The first-order chi connectivity index (χ1) is 14.3. The highest BCUT2D eigenvalue weighted by molar-refractivity contribution is 6.03. The first kappa shape index (κ1) is 22.0. The zero-order chi connectivity index (χ0) is 21.7. The van der Waals surface area contributed by atoms with Crippen molar-refractivity contribution in [2.45, 2.75) is 33.2 Å². The number of benzene rings is 1. The lowest BCUT2D eigenvalue weighted by atomic mass is 10.2. The van der Waals surface area contributed by atoms with Gasteiger partial charge in [0.25, 0.3) is 5.91 Å². The van der Waals surface area contributed by atoms with Gasteiger partial charge in [0, 0.05) is 18.8 Å². The number of hydrogen-bond acceptors (Lipinski definition) is 6. The minimum Gasteiger partial charge on any atom is -0.443 e. The van der Waals surface area contributed by atoms with Crippen molar-refractivity contribution in [3.8, 4) is 0 Å². The van der Waals surface area contributed by atoms with Gasteiger partial charge in [-0.25, -0.2) is 4.98 Å². The molecule has 30 heavy (non-hydrogen) atoms. The van der Waals surface area contributed by atoms with Crippen LogP contribution in [0.25, 0.3) is 0 Å². The van der Waals surface area contributed by atoms with E-state index in [1.54, 1.807) is 6.92 Å². The summed E-state index contributed by atoms with van der Waals surface area (Å²) in [6, 6.07) is 7.13. The van der Waals surface area contributed by atoms with Crippen molar-refractivity contribution < 1.29 is 14.0 Å². The lowest BCUT2D eigenvalue weighted by molar-refractivity contribution is -0.123. The summed E-state index contributed by atoms with van der Waals surface area (Å²) in [5, 5.41) is 5.77. The van der Waals surface area contributed by atoms with Crippen LogP contribution in [0.5, 0.6) is 0 Å². The van der Waals surface area contributed by atoms with Crippen LogP contribution in [0.4, 0.5) is 5.69 Å². The summed E-state index contributed by atoms with van der Waals surface area (Å²) in [4.78, 5) is 33.8. The molecule has 1 fully saturated rings. The highest BCUT2D eigenvalue weighted by Gasteiger charge is 2.23. The van der Waals surface area contributed by atoms with Crippen LogP contribution in [0.1, 0.15) is 47.1 Å². The van der Waals surface area contributed by atoms with Crippen LogP contribution in [0.15, 0.2) is 28.7 Å². The predicted molar refractivity (Wildman–Crippen MR) is 115 cm³/mol. The Morgan fingerprint density at radius 3 is 2.77 bits per heavy atom. The van der Waals surface area contributed by atoms with Gasteiger partial charge in [0.2, 0.25) is 11.8 Å². The fourth-order valence-corrected chi connectivity index (χ4v) is 3.54. The number of rotatable bonds is 6. The number of nitrogens with one attached hydrogen (secondary N) is 2. The number of amides is 2. The van der Waals surface area contributed by atoms with Crippen molar-refractivity contribution in [2.75, 3.05) is 45.1 Å². The maximum absolute atomic E-state index is 12.6. The van der Waals surface area contributed by atoms with E-state index in [9.17, 15) is 9.59 Å². The number of nitrogens with zero attached hydrogens (tertiary/aromatic N) is 3. The van der Waals surface area contributed by atoms with E-state index in [1.165, 1.54) is 0 Å².